The minimum atomic E-state index is -0.133. The van der Waals surface area contributed by atoms with Gasteiger partial charge in [0.2, 0.25) is 11.0 Å². The SMILES string of the molecule is CC(C)CNc1nnc(S[C@H](C)C(=O)N(C)C)s1. The normalized spacial score (nSPS) is 12.6. The van der Waals surface area contributed by atoms with Crippen LogP contribution >= 0.6 is 23.1 Å². The number of rotatable bonds is 6. The Balaban J connectivity index is 2.51. The molecule has 0 aliphatic rings. The number of carbonyl (C=O) groups is 1. The van der Waals surface area contributed by atoms with Crippen molar-refractivity contribution >= 4 is 34.1 Å². The molecule has 1 aromatic heterocycles. The summed E-state index contributed by atoms with van der Waals surface area (Å²) < 4.78 is 0.823. The highest BCUT2D eigenvalue weighted by Crippen LogP contribution is 2.29. The van der Waals surface area contributed by atoms with Gasteiger partial charge in [0.25, 0.3) is 0 Å². The highest BCUT2D eigenvalue weighted by molar-refractivity contribution is 8.02. The Labute approximate surface area is 116 Å². The summed E-state index contributed by atoms with van der Waals surface area (Å²) in [7, 11) is 3.52. The summed E-state index contributed by atoms with van der Waals surface area (Å²) >= 11 is 2.94. The lowest BCUT2D eigenvalue weighted by Crippen LogP contribution is -2.29. The van der Waals surface area contributed by atoms with E-state index in [-0.39, 0.29) is 11.2 Å². The molecule has 1 aromatic rings. The first-order valence-corrected chi connectivity index (χ1v) is 7.55. The molecule has 1 rings (SSSR count). The summed E-state index contributed by atoms with van der Waals surface area (Å²) in [5.41, 5.74) is 0. The fourth-order valence-electron chi connectivity index (χ4n) is 1.19. The van der Waals surface area contributed by atoms with E-state index in [1.165, 1.54) is 23.1 Å². The first-order valence-electron chi connectivity index (χ1n) is 5.85. The molecule has 0 bridgehead atoms. The van der Waals surface area contributed by atoms with E-state index in [1.54, 1.807) is 19.0 Å². The second-order valence-corrected chi connectivity index (χ2v) is 7.21. The van der Waals surface area contributed by atoms with Crippen LogP contribution in [0.3, 0.4) is 0 Å². The lowest BCUT2D eigenvalue weighted by atomic mass is 10.2. The molecule has 1 N–H and O–H groups in total. The van der Waals surface area contributed by atoms with Gasteiger partial charge in [0.05, 0.1) is 5.25 Å². The zero-order valence-electron chi connectivity index (χ0n) is 11.4. The lowest BCUT2D eigenvalue weighted by molar-refractivity contribution is -0.127. The maximum Gasteiger partial charge on any atom is 0.235 e. The van der Waals surface area contributed by atoms with Crippen LogP contribution in [0.2, 0.25) is 0 Å². The fraction of sp³-hybridized carbons (Fsp3) is 0.727. The van der Waals surface area contributed by atoms with Gasteiger partial charge in [0.15, 0.2) is 4.34 Å². The van der Waals surface area contributed by atoms with E-state index in [4.69, 9.17) is 0 Å². The maximum atomic E-state index is 11.7. The molecule has 0 fully saturated rings. The molecule has 102 valence electrons. The first kappa shape index (κ1) is 15.2. The third-order valence-electron chi connectivity index (χ3n) is 2.13. The summed E-state index contributed by atoms with van der Waals surface area (Å²) in [5, 5.41) is 12.0. The molecular weight excluding hydrogens is 268 g/mol. The zero-order chi connectivity index (χ0) is 13.7. The van der Waals surface area contributed by atoms with E-state index < -0.39 is 0 Å². The van der Waals surface area contributed by atoms with E-state index in [9.17, 15) is 4.79 Å². The van der Waals surface area contributed by atoms with Crippen molar-refractivity contribution in [3.05, 3.63) is 0 Å². The number of hydrogen-bond acceptors (Lipinski definition) is 6. The van der Waals surface area contributed by atoms with Gasteiger partial charge < -0.3 is 10.2 Å². The van der Waals surface area contributed by atoms with Crippen LogP contribution in [0.5, 0.6) is 0 Å². The minimum Gasteiger partial charge on any atom is -0.360 e. The highest BCUT2D eigenvalue weighted by Gasteiger charge is 2.18. The number of anilines is 1. The van der Waals surface area contributed by atoms with Crippen LogP contribution in [0.15, 0.2) is 4.34 Å². The van der Waals surface area contributed by atoms with Gasteiger partial charge >= 0.3 is 0 Å². The van der Waals surface area contributed by atoms with Gasteiger partial charge in [-0.25, -0.2) is 0 Å². The minimum absolute atomic E-state index is 0.0897. The van der Waals surface area contributed by atoms with Crippen molar-refractivity contribution < 1.29 is 4.79 Å². The summed E-state index contributed by atoms with van der Waals surface area (Å²) in [6.07, 6.45) is 0. The third kappa shape index (κ3) is 4.81. The van der Waals surface area contributed by atoms with E-state index in [2.05, 4.69) is 29.4 Å². The van der Waals surface area contributed by atoms with Gasteiger partial charge in [0.1, 0.15) is 0 Å². The zero-order valence-corrected chi connectivity index (χ0v) is 13.1. The average molecular weight is 288 g/mol. The number of carbonyl (C=O) groups excluding carboxylic acids is 1. The number of thioether (sulfide) groups is 1. The predicted molar refractivity (Wildman–Crippen MR) is 77.2 cm³/mol. The maximum absolute atomic E-state index is 11.7. The largest absolute Gasteiger partial charge is 0.360 e. The van der Waals surface area contributed by atoms with Crippen molar-refractivity contribution in [1.29, 1.82) is 0 Å². The van der Waals surface area contributed by atoms with Gasteiger partial charge in [-0.15, -0.1) is 10.2 Å². The third-order valence-corrected chi connectivity index (χ3v) is 4.19. The van der Waals surface area contributed by atoms with Crippen molar-refractivity contribution in [2.75, 3.05) is 26.0 Å². The van der Waals surface area contributed by atoms with E-state index >= 15 is 0 Å². The number of nitrogens with one attached hydrogen (secondary N) is 1. The monoisotopic (exact) mass is 288 g/mol. The average Bonchev–Trinajstić information content (AvgIpc) is 2.72. The van der Waals surface area contributed by atoms with E-state index in [0.717, 1.165) is 16.0 Å². The molecule has 0 aromatic carbocycles. The van der Waals surface area contributed by atoms with Gasteiger partial charge in [-0.05, 0) is 12.8 Å². The second-order valence-electron chi connectivity index (χ2n) is 4.64. The number of amides is 1. The molecular formula is C11H20N4OS2. The molecule has 0 aliphatic heterocycles. The van der Waals surface area contributed by atoms with Crippen LogP contribution < -0.4 is 5.32 Å². The van der Waals surface area contributed by atoms with Crippen molar-refractivity contribution in [2.24, 2.45) is 5.92 Å². The van der Waals surface area contributed by atoms with Crippen LogP contribution in [-0.2, 0) is 4.79 Å². The number of hydrogen-bond donors (Lipinski definition) is 1. The Hall–Kier alpha value is -0.820. The molecule has 0 aliphatic carbocycles. The molecule has 0 unspecified atom stereocenters. The standard InChI is InChI=1S/C11H20N4OS2/c1-7(2)6-12-10-13-14-11(18-10)17-8(3)9(16)15(4)5/h7-8H,6H2,1-5H3,(H,12,13)/t8-/m1/s1. The molecule has 1 heterocycles. The first-order chi connectivity index (χ1) is 8.40. The fourth-order valence-corrected chi connectivity index (χ4v) is 3.23. The summed E-state index contributed by atoms with van der Waals surface area (Å²) in [5.74, 6) is 0.658. The van der Waals surface area contributed by atoms with Gasteiger partial charge in [0, 0.05) is 20.6 Å². The Morgan fingerprint density at radius 2 is 2.06 bits per heavy atom. The Morgan fingerprint density at radius 3 is 2.61 bits per heavy atom. The van der Waals surface area contributed by atoms with Crippen LogP contribution in [0.4, 0.5) is 5.13 Å². The molecule has 18 heavy (non-hydrogen) atoms. The van der Waals surface area contributed by atoms with Crippen molar-refractivity contribution in [1.82, 2.24) is 15.1 Å². The Morgan fingerprint density at radius 1 is 1.39 bits per heavy atom. The van der Waals surface area contributed by atoms with Crippen molar-refractivity contribution in [2.45, 2.75) is 30.4 Å². The Kier molecular flexibility index (Phi) is 5.87. The van der Waals surface area contributed by atoms with Crippen LogP contribution in [0.1, 0.15) is 20.8 Å². The van der Waals surface area contributed by atoms with Crippen molar-refractivity contribution in [3.63, 3.8) is 0 Å². The molecule has 1 amide bonds. The molecule has 0 saturated heterocycles. The van der Waals surface area contributed by atoms with Gasteiger partial charge in [-0.1, -0.05) is 36.9 Å². The van der Waals surface area contributed by atoms with Crippen LogP contribution in [0.25, 0.3) is 0 Å². The smallest absolute Gasteiger partial charge is 0.235 e. The molecule has 1 atom stereocenters. The molecule has 0 spiro atoms. The number of nitrogens with zero attached hydrogens (tertiary/aromatic N) is 3. The van der Waals surface area contributed by atoms with E-state index in [0.29, 0.717) is 5.92 Å². The van der Waals surface area contributed by atoms with Gasteiger partial charge in [-0.2, -0.15) is 0 Å². The van der Waals surface area contributed by atoms with Crippen LogP contribution in [0, 0.1) is 5.92 Å². The van der Waals surface area contributed by atoms with Crippen molar-refractivity contribution in [3.8, 4) is 0 Å². The highest BCUT2D eigenvalue weighted by atomic mass is 32.2. The molecule has 7 heteroatoms. The summed E-state index contributed by atoms with van der Waals surface area (Å²) in [4.78, 5) is 13.3. The second kappa shape index (κ2) is 6.94. The predicted octanol–water partition coefficient (Wildman–Crippen LogP) is 2.17. The molecule has 5 nitrogen and oxygen atoms in total. The topological polar surface area (TPSA) is 58.1 Å². The summed E-state index contributed by atoms with van der Waals surface area (Å²) in [6, 6.07) is 0. The quantitative estimate of drug-likeness (QED) is 0.813. The van der Waals surface area contributed by atoms with Crippen LogP contribution in [-0.4, -0.2) is 46.9 Å². The lowest BCUT2D eigenvalue weighted by Gasteiger charge is -2.14. The van der Waals surface area contributed by atoms with E-state index in [1.807, 2.05) is 6.92 Å². The molecule has 0 radical (unpaired) electrons. The summed E-state index contributed by atoms with van der Waals surface area (Å²) in [6.45, 7) is 7.05. The Bertz CT molecular complexity index is 392. The number of aromatic nitrogens is 2. The molecule has 0 saturated carbocycles. The van der Waals surface area contributed by atoms with Gasteiger partial charge in [-0.3, -0.25) is 4.79 Å².